The van der Waals surface area contributed by atoms with Crippen molar-refractivity contribution in [2.24, 2.45) is 0 Å². The van der Waals surface area contributed by atoms with Crippen molar-refractivity contribution in [3.63, 3.8) is 0 Å². The molecule has 2 aromatic heterocycles. The molecule has 0 fully saturated rings. The maximum atomic E-state index is 6.45. The summed E-state index contributed by atoms with van der Waals surface area (Å²) in [5.41, 5.74) is 6.40. The van der Waals surface area contributed by atoms with Gasteiger partial charge in [-0.3, -0.25) is 9.97 Å². The lowest BCUT2D eigenvalue weighted by atomic mass is 10.0. The van der Waals surface area contributed by atoms with Gasteiger partial charge >= 0.3 is 0 Å². The first-order valence-electron chi connectivity index (χ1n) is 8.20. The van der Waals surface area contributed by atoms with Crippen molar-refractivity contribution >= 4 is 22.6 Å². The van der Waals surface area contributed by atoms with E-state index in [4.69, 9.17) is 11.6 Å². The van der Waals surface area contributed by atoms with Gasteiger partial charge in [0.1, 0.15) is 0 Å². The lowest BCUT2D eigenvalue weighted by Gasteiger charge is -2.18. The second-order valence-corrected chi connectivity index (χ2v) is 6.57. The molecule has 1 aliphatic rings. The minimum atomic E-state index is 0.0601. The molecular formula is C20H15ClN4. The molecule has 0 bridgehead atoms. The van der Waals surface area contributed by atoms with Gasteiger partial charge in [0.25, 0.3) is 0 Å². The van der Waals surface area contributed by atoms with E-state index in [-0.39, 0.29) is 6.04 Å². The van der Waals surface area contributed by atoms with E-state index in [0.717, 1.165) is 32.9 Å². The smallest absolute Gasteiger partial charge is 0.0890 e. The SMILES string of the molecule is Clc1cccc2c1CNC(c1ccc3nccnc3c1)c1cccn1-2. The average molecular weight is 347 g/mol. The van der Waals surface area contributed by atoms with Crippen molar-refractivity contribution in [1.29, 1.82) is 0 Å². The Bertz CT molecular complexity index is 1090. The van der Waals surface area contributed by atoms with Crippen molar-refractivity contribution in [3.8, 4) is 5.69 Å². The molecule has 0 aliphatic carbocycles. The summed E-state index contributed by atoms with van der Waals surface area (Å²) in [7, 11) is 0. The second-order valence-electron chi connectivity index (χ2n) is 6.16. The highest BCUT2D eigenvalue weighted by molar-refractivity contribution is 6.31. The normalized spacial score (nSPS) is 16.3. The molecule has 5 heteroatoms. The average Bonchev–Trinajstić information content (AvgIpc) is 3.06. The van der Waals surface area contributed by atoms with Crippen LogP contribution in [0.3, 0.4) is 0 Å². The van der Waals surface area contributed by atoms with Crippen LogP contribution in [0.1, 0.15) is 22.9 Å². The zero-order valence-corrected chi connectivity index (χ0v) is 14.1. The second kappa shape index (κ2) is 5.69. The number of fused-ring (bicyclic) bond motifs is 4. The number of halogens is 1. The van der Waals surface area contributed by atoms with Gasteiger partial charge < -0.3 is 9.88 Å². The summed E-state index contributed by atoms with van der Waals surface area (Å²) < 4.78 is 2.22. The van der Waals surface area contributed by atoms with E-state index in [2.05, 4.69) is 56.4 Å². The van der Waals surface area contributed by atoms with Crippen molar-refractivity contribution in [2.75, 3.05) is 0 Å². The van der Waals surface area contributed by atoms with Gasteiger partial charge in [-0.05, 0) is 42.0 Å². The van der Waals surface area contributed by atoms with Gasteiger partial charge in [0.2, 0.25) is 0 Å². The maximum absolute atomic E-state index is 6.45. The summed E-state index contributed by atoms with van der Waals surface area (Å²) in [5, 5.41) is 4.44. The summed E-state index contributed by atoms with van der Waals surface area (Å²) in [6.07, 6.45) is 5.53. The van der Waals surface area contributed by atoms with E-state index in [1.54, 1.807) is 12.4 Å². The quantitative estimate of drug-likeness (QED) is 0.560. The number of rotatable bonds is 1. The molecular weight excluding hydrogens is 332 g/mol. The Kier molecular flexibility index (Phi) is 3.33. The first-order chi connectivity index (χ1) is 12.3. The third kappa shape index (κ3) is 2.34. The highest BCUT2D eigenvalue weighted by Crippen LogP contribution is 2.33. The van der Waals surface area contributed by atoms with Crippen LogP contribution < -0.4 is 5.32 Å². The molecule has 4 aromatic rings. The maximum Gasteiger partial charge on any atom is 0.0890 e. The molecule has 2 aromatic carbocycles. The molecule has 0 amide bonds. The standard InChI is InChI=1S/C20H15ClN4/c21-15-3-1-4-18-14(15)12-24-20(19-5-2-10-25(18)19)13-6-7-16-17(11-13)23-9-8-22-16/h1-11,20,24H,12H2. The van der Waals surface area contributed by atoms with Gasteiger partial charge in [0, 0.05) is 41.4 Å². The topological polar surface area (TPSA) is 42.7 Å². The third-order valence-corrected chi connectivity index (χ3v) is 5.09. The van der Waals surface area contributed by atoms with Crippen molar-refractivity contribution in [1.82, 2.24) is 19.9 Å². The van der Waals surface area contributed by atoms with Gasteiger partial charge in [-0.1, -0.05) is 23.7 Å². The molecule has 5 rings (SSSR count). The first-order valence-corrected chi connectivity index (χ1v) is 8.58. The molecule has 3 heterocycles. The van der Waals surface area contributed by atoms with Gasteiger partial charge in [-0.15, -0.1) is 0 Å². The molecule has 1 unspecified atom stereocenters. The zero-order chi connectivity index (χ0) is 16.8. The molecule has 122 valence electrons. The van der Waals surface area contributed by atoms with Crippen LogP contribution in [-0.2, 0) is 6.54 Å². The minimum Gasteiger partial charge on any atom is -0.319 e. The van der Waals surface area contributed by atoms with Crippen LogP contribution in [-0.4, -0.2) is 14.5 Å². The Balaban J connectivity index is 1.67. The third-order valence-electron chi connectivity index (χ3n) is 4.74. The number of hydrogen-bond donors (Lipinski definition) is 1. The van der Waals surface area contributed by atoms with Crippen molar-refractivity contribution in [2.45, 2.75) is 12.6 Å². The van der Waals surface area contributed by atoms with E-state index in [1.807, 2.05) is 18.2 Å². The summed E-state index contributed by atoms with van der Waals surface area (Å²) >= 11 is 6.45. The molecule has 0 radical (unpaired) electrons. The molecule has 1 N–H and O–H groups in total. The Labute approximate surface area is 150 Å². The van der Waals surface area contributed by atoms with Crippen LogP contribution in [0.4, 0.5) is 0 Å². The monoisotopic (exact) mass is 346 g/mol. The molecule has 25 heavy (non-hydrogen) atoms. The fourth-order valence-corrected chi connectivity index (χ4v) is 3.79. The Hall–Kier alpha value is -2.69. The molecule has 0 spiro atoms. The van der Waals surface area contributed by atoms with E-state index in [0.29, 0.717) is 6.54 Å². The summed E-state index contributed by atoms with van der Waals surface area (Å²) in [4.78, 5) is 8.80. The molecule has 1 atom stereocenters. The molecule has 4 nitrogen and oxygen atoms in total. The highest BCUT2D eigenvalue weighted by Gasteiger charge is 2.24. The molecule has 0 saturated carbocycles. The Morgan fingerprint density at radius 2 is 1.88 bits per heavy atom. The van der Waals surface area contributed by atoms with Gasteiger partial charge in [-0.25, -0.2) is 0 Å². The number of nitrogens with zero attached hydrogens (tertiary/aromatic N) is 3. The lowest BCUT2D eigenvalue weighted by Crippen LogP contribution is -2.21. The van der Waals surface area contributed by atoms with E-state index in [9.17, 15) is 0 Å². The van der Waals surface area contributed by atoms with Crippen LogP contribution in [0, 0.1) is 0 Å². The Morgan fingerprint density at radius 3 is 2.80 bits per heavy atom. The summed E-state index contributed by atoms with van der Waals surface area (Å²) in [5.74, 6) is 0. The molecule has 1 aliphatic heterocycles. The number of hydrogen-bond acceptors (Lipinski definition) is 3. The predicted octanol–water partition coefficient (Wildman–Crippen LogP) is 4.27. The van der Waals surface area contributed by atoms with Gasteiger partial charge in [0.15, 0.2) is 0 Å². The van der Waals surface area contributed by atoms with Crippen LogP contribution in [0.5, 0.6) is 0 Å². The van der Waals surface area contributed by atoms with Crippen LogP contribution in [0.25, 0.3) is 16.7 Å². The minimum absolute atomic E-state index is 0.0601. The molecule has 0 saturated heterocycles. The number of aromatic nitrogens is 3. The van der Waals surface area contributed by atoms with Crippen LogP contribution in [0.2, 0.25) is 5.02 Å². The van der Waals surface area contributed by atoms with Gasteiger partial charge in [-0.2, -0.15) is 0 Å². The fraction of sp³-hybridized carbons (Fsp3) is 0.100. The number of nitrogens with one attached hydrogen (secondary N) is 1. The van der Waals surface area contributed by atoms with Crippen molar-refractivity contribution in [3.05, 3.63) is 89.0 Å². The van der Waals surface area contributed by atoms with Gasteiger partial charge in [0.05, 0.1) is 22.8 Å². The fourth-order valence-electron chi connectivity index (χ4n) is 3.55. The van der Waals surface area contributed by atoms with E-state index >= 15 is 0 Å². The first kappa shape index (κ1) is 14.6. The van der Waals surface area contributed by atoms with E-state index in [1.165, 1.54) is 5.69 Å². The van der Waals surface area contributed by atoms with Crippen LogP contribution >= 0.6 is 11.6 Å². The Morgan fingerprint density at radius 1 is 1.00 bits per heavy atom. The zero-order valence-electron chi connectivity index (χ0n) is 13.4. The highest BCUT2D eigenvalue weighted by atomic mass is 35.5. The summed E-state index contributed by atoms with van der Waals surface area (Å²) in [6.45, 7) is 0.708. The van der Waals surface area contributed by atoms with E-state index < -0.39 is 0 Å². The largest absolute Gasteiger partial charge is 0.319 e. The predicted molar refractivity (Wildman–Crippen MR) is 99.0 cm³/mol. The van der Waals surface area contributed by atoms with Crippen LogP contribution in [0.15, 0.2) is 67.1 Å². The number of benzene rings is 2. The van der Waals surface area contributed by atoms with Crippen molar-refractivity contribution < 1.29 is 0 Å². The summed E-state index contributed by atoms with van der Waals surface area (Å²) in [6, 6.07) is 16.6. The lowest BCUT2D eigenvalue weighted by molar-refractivity contribution is 0.601.